The number of rotatable bonds is 4. The second-order valence-corrected chi connectivity index (χ2v) is 2.81. The zero-order chi connectivity index (χ0) is 8.97. The maximum Gasteiger partial charge on any atom is 0.244 e. The quantitative estimate of drug-likeness (QED) is 0.469. The van der Waals surface area contributed by atoms with Crippen molar-refractivity contribution in [2.75, 3.05) is 0 Å². The van der Waals surface area contributed by atoms with E-state index >= 15 is 0 Å². The third-order valence-electron chi connectivity index (χ3n) is 1.76. The van der Waals surface area contributed by atoms with E-state index in [1.807, 2.05) is 12.2 Å². The Hall–Kier alpha value is -1.31. The Bertz CT molecular complexity index is 284. The number of hydrogen-bond donors (Lipinski definition) is 0. The van der Waals surface area contributed by atoms with E-state index in [1.165, 1.54) is 5.69 Å². The van der Waals surface area contributed by atoms with Crippen LogP contribution in [-0.4, -0.2) is 4.57 Å². The predicted molar refractivity (Wildman–Crippen MR) is 49.8 cm³/mol. The Morgan fingerprint density at radius 1 is 1.50 bits per heavy atom. The fourth-order valence-electron chi connectivity index (χ4n) is 1.20. The lowest BCUT2D eigenvalue weighted by Gasteiger charge is -1.89. The van der Waals surface area contributed by atoms with Crippen molar-refractivity contribution >= 4 is 0 Å². The minimum atomic E-state index is 0.866. The number of aromatic nitrogens is 2. The second-order valence-electron chi connectivity index (χ2n) is 2.81. The zero-order valence-electron chi connectivity index (χ0n) is 7.53. The lowest BCUT2D eigenvalue weighted by Crippen LogP contribution is -2.29. The van der Waals surface area contributed by atoms with E-state index in [9.17, 15) is 0 Å². The summed E-state index contributed by atoms with van der Waals surface area (Å²) >= 11 is 0. The van der Waals surface area contributed by atoms with Crippen molar-refractivity contribution in [1.29, 1.82) is 0 Å². The van der Waals surface area contributed by atoms with Gasteiger partial charge >= 0.3 is 0 Å². The van der Waals surface area contributed by atoms with E-state index in [0.717, 1.165) is 13.1 Å². The Balaban J connectivity index is 2.83. The molecule has 12 heavy (non-hydrogen) atoms. The predicted octanol–water partition coefficient (Wildman–Crippen LogP) is 1.46. The molecule has 0 spiro atoms. The highest BCUT2D eigenvalue weighted by molar-refractivity contribution is 4.91. The van der Waals surface area contributed by atoms with Crippen LogP contribution in [0.5, 0.6) is 0 Å². The van der Waals surface area contributed by atoms with Crippen LogP contribution in [-0.2, 0) is 13.1 Å². The molecule has 0 aliphatic heterocycles. The topological polar surface area (TPSA) is 8.81 Å². The van der Waals surface area contributed by atoms with Gasteiger partial charge in [-0.1, -0.05) is 25.3 Å². The molecular weight excluding hydrogens is 148 g/mol. The highest BCUT2D eigenvalue weighted by Gasteiger charge is 2.05. The first kappa shape index (κ1) is 8.78. The molecule has 0 amide bonds. The van der Waals surface area contributed by atoms with Crippen LogP contribution in [0.25, 0.3) is 0 Å². The molecule has 1 aromatic rings. The summed E-state index contributed by atoms with van der Waals surface area (Å²) in [7, 11) is 0. The fraction of sp³-hybridized carbons (Fsp3) is 0.300. The molecule has 0 aliphatic rings. The number of hydrogen-bond acceptors (Lipinski definition) is 0. The second kappa shape index (κ2) is 3.90. The Morgan fingerprint density at radius 2 is 2.25 bits per heavy atom. The molecule has 1 rings (SSSR count). The summed E-state index contributed by atoms with van der Waals surface area (Å²) in [4.78, 5) is 0. The van der Waals surface area contributed by atoms with Crippen molar-refractivity contribution in [3.05, 3.63) is 43.5 Å². The highest BCUT2D eigenvalue weighted by atomic mass is 15.1. The van der Waals surface area contributed by atoms with Gasteiger partial charge in [-0.3, -0.25) is 0 Å². The van der Waals surface area contributed by atoms with Gasteiger partial charge in [0.05, 0.1) is 0 Å². The molecule has 0 radical (unpaired) electrons. The van der Waals surface area contributed by atoms with E-state index in [4.69, 9.17) is 0 Å². The standard InChI is InChI=1S/C10H15N2/c1-4-6-11-8-10(3)12(9-11)7-5-2/h4-5,8-9H,1-2,6-7H2,3H3/q+1. The van der Waals surface area contributed by atoms with Crippen LogP contribution in [0.2, 0.25) is 0 Å². The lowest BCUT2D eigenvalue weighted by molar-refractivity contribution is -0.686. The van der Waals surface area contributed by atoms with Crippen LogP contribution in [0.4, 0.5) is 0 Å². The summed E-state index contributed by atoms with van der Waals surface area (Å²) in [6.07, 6.45) is 7.95. The van der Waals surface area contributed by atoms with Crippen molar-refractivity contribution in [2.24, 2.45) is 0 Å². The molecular formula is C10H15N2+. The van der Waals surface area contributed by atoms with E-state index in [2.05, 4.69) is 41.7 Å². The molecule has 0 aliphatic carbocycles. The number of aryl methyl sites for hydroxylation is 1. The van der Waals surface area contributed by atoms with Crippen LogP contribution in [0, 0.1) is 6.92 Å². The third-order valence-corrected chi connectivity index (χ3v) is 1.76. The maximum atomic E-state index is 3.70. The van der Waals surface area contributed by atoms with Crippen LogP contribution in [0.1, 0.15) is 5.69 Å². The van der Waals surface area contributed by atoms with Gasteiger partial charge in [-0.2, -0.15) is 0 Å². The van der Waals surface area contributed by atoms with Gasteiger partial charge in [-0.15, -0.1) is 0 Å². The maximum absolute atomic E-state index is 3.70. The van der Waals surface area contributed by atoms with Gasteiger partial charge in [0.1, 0.15) is 25.0 Å². The number of nitrogens with zero attached hydrogens (tertiary/aromatic N) is 2. The summed E-state index contributed by atoms with van der Waals surface area (Å²) in [5.74, 6) is 0. The summed E-state index contributed by atoms with van der Waals surface area (Å²) in [5, 5.41) is 0. The number of imidazole rings is 1. The Kier molecular flexibility index (Phi) is 2.86. The molecule has 0 N–H and O–H groups in total. The molecule has 0 unspecified atom stereocenters. The monoisotopic (exact) mass is 163 g/mol. The van der Waals surface area contributed by atoms with E-state index in [-0.39, 0.29) is 0 Å². The van der Waals surface area contributed by atoms with Crippen molar-refractivity contribution in [3.63, 3.8) is 0 Å². The first-order chi connectivity index (χ1) is 5.77. The largest absolute Gasteiger partial charge is 0.244 e. The molecule has 2 nitrogen and oxygen atoms in total. The van der Waals surface area contributed by atoms with Crippen molar-refractivity contribution in [3.8, 4) is 0 Å². The van der Waals surface area contributed by atoms with Gasteiger partial charge in [0, 0.05) is 6.92 Å². The Labute approximate surface area is 73.5 Å². The van der Waals surface area contributed by atoms with E-state index in [0.29, 0.717) is 0 Å². The van der Waals surface area contributed by atoms with Crippen LogP contribution >= 0.6 is 0 Å². The van der Waals surface area contributed by atoms with Crippen LogP contribution in [0.15, 0.2) is 37.8 Å². The van der Waals surface area contributed by atoms with Gasteiger partial charge in [-0.05, 0) is 0 Å². The molecule has 0 aromatic carbocycles. The molecule has 1 heterocycles. The summed E-state index contributed by atoms with van der Waals surface area (Å²) in [5.41, 5.74) is 1.25. The Morgan fingerprint density at radius 3 is 2.83 bits per heavy atom. The van der Waals surface area contributed by atoms with Gasteiger partial charge in [0.2, 0.25) is 6.33 Å². The molecule has 0 saturated heterocycles. The number of allylic oxidation sites excluding steroid dienone is 2. The van der Waals surface area contributed by atoms with Gasteiger partial charge in [0.25, 0.3) is 0 Å². The molecule has 2 heteroatoms. The SMILES string of the molecule is C=CCn1c[n+](CC=C)cc1C. The average molecular weight is 163 g/mol. The summed E-state index contributed by atoms with van der Waals surface area (Å²) in [6, 6.07) is 0. The minimum Gasteiger partial charge on any atom is -0.233 e. The van der Waals surface area contributed by atoms with Gasteiger partial charge < -0.3 is 0 Å². The van der Waals surface area contributed by atoms with E-state index in [1.54, 1.807) is 0 Å². The molecule has 64 valence electrons. The zero-order valence-corrected chi connectivity index (χ0v) is 7.53. The van der Waals surface area contributed by atoms with Crippen molar-refractivity contribution in [2.45, 2.75) is 20.0 Å². The molecule has 1 aromatic heterocycles. The van der Waals surface area contributed by atoms with Gasteiger partial charge in [-0.25, -0.2) is 9.13 Å². The molecule has 0 atom stereocenters. The summed E-state index contributed by atoms with van der Waals surface area (Å²) in [6.45, 7) is 11.2. The minimum absolute atomic E-state index is 0.866. The van der Waals surface area contributed by atoms with Crippen molar-refractivity contribution < 1.29 is 4.57 Å². The molecule has 0 saturated carbocycles. The first-order valence-corrected chi connectivity index (χ1v) is 4.05. The normalized spacial score (nSPS) is 9.75. The lowest BCUT2D eigenvalue weighted by atomic mass is 10.5. The van der Waals surface area contributed by atoms with Crippen molar-refractivity contribution in [1.82, 2.24) is 4.57 Å². The van der Waals surface area contributed by atoms with E-state index < -0.39 is 0 Å². The third kappa shape index (κ3) is 1.84. The van der Waals surface area contributed by atoms with Gasteiger partial charge in [0.15, 0.2) is 0 Å². The average Bonchev–Trinajstić information content (AvgIpc) is 2.34. The van der Waals surface area contributed by atoms with Crippen LogP contribution < -0.4 is 4.57 Å². The fourth-order valence-corrected chi connectivity index (χ4v) is 1.20. The summed E-state index contributed by atoms with van der Waals surface area (Å²) < 4.78 is 4.25. The molecule has 0 bridgehead atoms. The molecule has 0 fully saturated rings. The smallest absolute Gasteiger partial charge is 0.233 e. The highest BCUT2D eigenvalue weighted by Crippen LogP contribution is 1.94. The van der Waals surface area contributed by atoms with Crippen LogP contribution in [0.3, 0.4) is 0 Å². The first-order valence-electron chi connectivity index (χ1n) is 4.05.